The van der Waals surface area contributed by atoms with Crippen LogP contribution in [0.5, 0.6) is 0 Å². The smallest absolute Gasteiger partial charge is 0.343 e. The number of anilines is 1. The van der Waals surface area contributed by atoms with E-state index in [0.29, 0.717) is 24.6 Å². The van der Waals surface area contributed by atoms with Gasteiger partial charge in [0.2, 0.25) is 0 Å². The van der Waals surface area contributed by atoms with Crippen molar-refractivity contribution in [2.45, 2.75) is 39.7 Å². The van der Waals surface area contributed by atoms with E-state index in [2.05, 4.69) is 25.4 Å². The minimum absolute atomic E-state index is 0.0915. The number of rotatable bonds is 6. The van der Waals surface area contributed by atoms with Gasteiger partial charge >= 0.3 is 5.69 Å². The molecule has 1 aliphatic heterocycles. The molecule has 1 amide bonds. The standard InChI is InChI=1S/C18H26N6O2/c1-3-19-17(25)14-5-6-15(20-12-14)23-9-7-13(8-10-23)11-16-21-22-18(26)24(16)4-2/h5-6,12-13H,3-4,7-11H2,1-2H3,(H,19,25)(H,22,26). The van der Waals surface area contributed by atoms with Gasteiger partial charge in [-0.15, -0.1) is 0 Å². The summed E-state index contributed by atoms with van der Waals surface area (Å²) in [4.78, 5) is 30.2. The molecular formula is C18H26N6O2. The first-order valence-corrected chi connectivity index (χ1v) is 9.25. The maximum atomic E-state index is 11.8. The van der Waals surface area contributed by atoms with Crippen LogP contribution in [0.25, 0.3) is 0 Å². The summed E-state index contributed by atoms with van der Waals surface area (Å²) in [6.45, 7) is 6.94. The quantitative estimate of drug-likeness (QED) is 0.809. The van der Waals surface area contributed by atoms with Gasteiger partial charge in [0.15, 0.2) is 0 Å². The fourth-order valence-corrected chi connectivity index (χ4v) is 3.43. The minimum atomic E-state index is -0.128. The van der Waals surface area contributed by atoms with Gasteiger partial charge in [0.1, 0.15) is 11.6 Å². The van der Waals surface area contributed by atoms with E-state index in [1.54, 1.807) is 10.8 Å². The van der Waals surface area contributed by atoms with Crippen LogP contribution in [0.2, 0.25) is 0 Å². The lowest BCUT2D eigenvalue weighted by molar-refractivity contribution is 0.0955. The van der Waals surface area contributed by atoms with Gasteiger partial charge in [-0.25, -0.2) is 14.9 Å². The number of carbonyl (C=O) groups is 1. The number of hydrogen-bond donors (Lipinski definition) is 2. The molecule has 8 nitrogen and oxygen atoms in total. The Bertz CT molecular complexity index is 787. The van der Waals surface area contributed by atoms with E-state index in [9.17, 15) is 9.59 Å². The van der Waals surface area contributed by atoms with Crippen LogP contribution in [-0.2, 0) is 13.0 Å². The molecule has 3 heterocycles. The number of hydrogen-bond acceptors (Lipinski definition) is 5. The molecule has 0 saturated carbocycles. The lowest BCUT2D eigenvalue weighted by Crippen LogP contribution is -2.35. The van der Waals surface area contributed by atoms with E-state index in [1.165, 1.54) is 0 Å². The fraction of sp³-hybridized carbons (Fsp3) is 0.556. The summed E-state index contributed by atoms with van der Waals surface area (Å²) in [5.41, 5.74) is 0.456. The molecule has 140 valence electrons. The van der Waals surface area contributed by atoms with Gasteiger partial charge in [-0.2, -0.15) is 5.10 Å². The highest BCUT2D eigenvalue weighted by Crippen LogP contribution is 2.24. The maximum absolute atomic E-state index is 11.8. The van der Waals surface area contributed by atoms with Gasteiger partial charge in [0.25, 0.3) is 5.91 Å². The Morgan fingerprint density at radius 3 is 2.69 bits per heavy atom. The lowest BCUT2D eigenvalue weighted by Gasteiger charge is -2.32. The number of nitrogens with zero attached hydrogens (tertiary/aromatic N) is 4. The fourth-order valence-electron chi connectivity index (χ4n) is 3.43. The minimum Gasteiger partial charge on any atom is -0.357 e. The third kappa shape index (κ3) is 3.95. The second-order valence-electron chi connectivity index (χ2n) is 6.59. The van der Waals surface area contributed by atoms with Crippen molar-refractivity contribution < 1.29 is 4.79 Å². The topological polar surface area (TPSA) is 95.9 Å². The number of pyridine rings is 1. The Balaban J connectivity index is 1.56. The van der Waals surface area contributed by atoms with Crippen LogP contribution in [0.4, 0.5) is 5.82 Å². The highest BCUT2D eigenvalue weighted by molar-refractivity contribution is 5.93. The molecule has 1 fully saturated rings. The van der Waals surface area contributed by atoms with Crippen molar-refractivity contribution in [1.29, 1.82) is 0 Å². The zero-order valence-electron chi connectivity index (χ0n) is 15.4. The van der Waals surface area contributed by atoms with Gasteiger partial charge in [-0.1, -0.05) is 0 Å². The molecule has 2 aromatic rings. The van der Waals surface area contributed by atoms with Gasteiger partial charge in [0.05, 0.1) is 5.56 Å². The van der Waals surface area contributed by atoms with E-state index in [1.807, 2.05) is 26.0 Å². The number of amides is 1. The van der Waals surface area contributed by atoms with Crippen molar-refractivity contribution in [3.63, 3.8) is 0 Å². The molecule has 3 rings (SSSR count). The number of nitrogens with one attached hydrogen (secondary N) is 2. The van der Waals surface area contributed by atoms with E-state index in [-0.39, 0.29) is 11.6 Å². The Labute approximate surface area is 152 Å². The molecule has 26 heavy (non-hydrogen) atoms. The number of carbonyl (C=O) groups excluding carboxylic acids is 1. The SMILES string of the molecule is CCNC(=O)c1ccc(N2CCC(Cc3n[nH]c(=O)n3CC)CC2)nc1. The second kappa shape index (κ2) is 8.16. The third-order valence-electron chi connectivity index (χ3n) is 4.91. The zero-order valence-corrected chi connectivity index (χ0v) is 15.4. The predicted molar refractivity (Wildman–Crippen MR) is 99.4 cm³/mol. The Hall–Kier alpha value is -2.64. The van der Waals surface area contributed by atoms with Crippen LogP contribution in [0.3, 0.4) is 0 Å². The summed E-state index contributed by atoms with van der Waals surface area (Å²) in [5.74, 6) is 2.18. The summed E-state index contributed by atoms with van der Waals surface area (Å²) in [5, 5.41) is 9.48. The predicted octanol–water partition coefficient (Wildman–Crippen LogP) is 1.20. The average molecular weight is 358 g/mol. The largest absolute Gasteiger partial charge is 0.357 e. The molecule has 0 bridgehead atoms. The number of piperidine rings is 1. The van der Waals surface area contributed by atoms with Gasteiger partial charge in [-0.05, 0) is 44.7 Å². The van der Waals surface area contributed by atoms with Gasteiger partial charge in [0, 0.05) is 38.8 Å². The Kier molecular flexibility index (Phi) is 5.70. The van der Waals surface area contributed by atoms with Crippen LogP contribution >= 0.6 is 0 Å². The Morgan fingerprint density at radius 1 is 1.31 bits per heavy atom. The molecule has 0 aliphatic carbocycles. The molecule has 0 radical (unpaired) electrons. The summed E-state index contributed by atoms with van der Waals surface area (Å²) in [6.07, 6.45) is 4.52. The average Bonchev–Trinajstić information content (AvgIpc) is 3.02. The number of aromatic nitrogens is 4. The number of aromatic amines is 1. The molecule has 0 unspecified atom stereocenters. The first-order valence-electron chi connectivity index (χ1n) is 9.25. The number of H-pyrrole nitrogens is 1. The molecule has 0 aromatic carbocycles. The monoisotopic (exact) mass is 358 g/mol. The van der Waals surface area contributed by atoms with E-state index in [4.69, 9.17) is 0 Å². The van der Waals surface area contributed by atoms with Crippen molar-refractivity contribution in [2.24, 2.45) is 5.92 Å². The van der Waals surface area contributed by atoms with Crippen molar-refractivity contribution in [1.82, 2.24) is 25.1 Å². The molecule has 2 aromatic heterocycles. The van der Waals surface area contributed by atoms with Crippen molar-refractivity contribution in [2.75, 3.05) is 24.5 Å². The lowest BCUT2D eigenvalue weighted by atomic mass is 9.93. The highest BCUT2D eigenvalue weighted by Gasteiger charge is 2.22. The van der Waals surface area contributed by atoms with Crippen molar-refractivity contribution in [3.8, 4) is 0 Å². The second-order valence-corrected chi connectivity index (χ2v) is 6.59. The molecule has 2 N–H and O–H groups in total. The normalized spacial score (nSPS) is 15.2. The van der Waals surface area contributed by atoms with Crippen LogP contribution in [0, 0.1) is 5.92 Å². The van der Waals surface area contributed by atoms with Crippen LogP contribution in [0.15, 0.2) is 23.1 Å². The van der Waals surface area contributed by atoms with Crippen LogP contribution < -0.4 is 15.9 Å². The zero-order chi connectivity index (χ0) is 18.5. The first kappa shape index (κ1) is 18.2. The maximum Gasteiger partial charge on any atom is 0.343 e. The van der Waals surface area contributed by atoms with E-state index >= 15 is 0 Å². The molecule has 1 saturated heterocycles. The van der Waals surface area contributed by atoms with Crippen molar-refractivity contribution >= 4 is 11.7 Å². The Morgan fingerprint density at radius 2 is 2.08 bits per heavy atom. The molecule has 8 heteroatoms. The summed E-state index contributed by atoms with van der Waals surface area (Å²) >= 11 is 0. The van der Waals surface area contributed by atoms with E-state index < -0.39 is 0 Å². The molecular weight excluding hydrogens is 332 g/mol. The van der Waals surface area contributed by atoms with Crippen molar-refractivity contribution in [3.05, 3.63) is 40.2 Å². The summed E-state index contributed by atoms with van der Waals surface area (Å²) < 4.78 is 1.70. The van der Waals surface area contributed by atoms with Gasteiger partial charge < -0.3 is 10.2 Å². The first-order chi connectivity index (χ1) is 12.6. The molecule has 0 spiro atoms. The summed E-state index contributed by atoms with van der Waals surface area (Å²) in [7, 11) is 0. The van der Waals surface area contributed by atoms with E-state index in [0.717, 1.165) is 44.0 Å². The molecule has 1 aliphatic rings. The highest BCUT2D eigenvalue weighted by atomic mass is 16.2. The summed E-state index contributed by atoms with van der Waals surface area (Å²) in [6, 6.07) is 3.73. The molecule has 0 atom stereocenters. The van der Waals surface area contributed by atoms with Gasteiger partial charge in [-0.3, -0.25) is 9.36 Å². The third-order valence-corrected chi connectivity index (χ3v) is 4.91. The van der Waals surface area contributed by atoms with Crippen LogP contribution in [-0.4, -0.2) is 45.3 Å². The van der Waals surface area contributed by atoms with Crippen LogP contribution in [0.1, 0.15) is 42.9 Å².